The zero-order chi connectivity index (χ0) is 29.4. The first kappa shape index (κ1) is 29.7. The molecule has 1 aliphatic heterocycles. The molecule has 1 amide bonds. The Bertz CT molecular complexity index is 1390. The Labute approximate surface area is 213 Å². The minimum absolute atomic E-state index is 0.376. The van der Waals surface area contributed by atoms with Gasteiger partial charge in [0, 0.05) is 33.7 Å². The van der Waals surface area contributed by atoms with Gasteiger partial charge < -0.3 is 14.2 Å². The van der Waals surface area contributed by atoms with Gasteiger partial charge in [-0.25, -0.2) is 9.36 Å². The molecule has 2 aromatic heterocycles. The van der Waals surface area contributed by atoms with Gasteiger partial charge in [0.15, 0.2) is 17.4 Å². The third kappa shape index (κ3) is 6.76. The molecular formula is C20H21F6N5O8. The number of esters is 2. The first-order chi connectivity index (χ1) is 17.9. The minimum atomic E-state index is -5.17. The van der Waals surface area contributed by atoms with E-state index < -0.39 is 102 Å². The van der Waals surface area contributed by atoms with Gasteiger partial charge in [0.25, 0.3) is 5.56 Å². The van der Waals surface area contributed by atoms with Crippen LogP contribution in [0.15, 0.2) is 9.59 Å². The van der Waals surface area contributed by atoms with Crippen molar-refractivity contribution in [3.63, 3.8) is 0 Å². The average Bonchev–Trinajstić information content (AvgIpc) is 3.25. The van der Waals surface area contributed by atoms with Crippen LogP contribution in [0.3, 0.4) is 0 Å². The summed E-state index contributed by atoms with van der Waals surface area (Å²) in [6.07, 6.45) is -20.8. The lowest BCUT2D eigenvalue weighted by Gasteiger charge is -2.25. The van der Waals surface area contributed by atoms with Crippen LogP contribution in [-0.4, -0.2) is 67.6 Å². The molecule has 1 unspecified atom stereocenters. The van der Waals surface area contributed by atoms with Gasteiger partial charge in [-0.05, 0) is 0 Å². The molecule has 0 spiro atoms. The number of ether oxygens (including phenoxy) is 3. The van der Waals surface area contributed by atoms with E-state index in [1.807, 2.05) is 0 Å². The van der Waals surface area contributed by atoms with Crippen LogP contribution in [0.5, 0.6) is 0 Å². The highest BCUT2D eigenvalue weighted by atomic mass is 19.4. The molecule has 0 radical (unpaired) electrons. The Morgan fingerprint density at radius 3 is 2.28 bits per heavy atom. The second-order valence-electron chi connectivity index (χ2n) is 8.46. The van der Waals surface area contributed by atoms with Crippen molar-refractivity contribution >= 4 is 35.0 Å². The molecule has 3 heterocycles. The number of halogens is 6. The van der Waals surface area contributed by atoms with E-state index in [4.69, 9.17) is 9.47 Å². The Kier molecular flexibility index (Phi) is 8.13. The van der Waals surface area contributed by atoms with Crippen LogP contribution < -0.4 is 16.6 Å². The van der Waals surface area contributed by atoms with Gasteiger partial charge in [-0.2, -0.15) is 31.3 Å². The van der Waals surface area contributed by atoms with Gasteiger partial charge >= 0.3 is 30.0 Å². The molecule has 39 heavy (non-hydrogen) atoms. The van der Waals surface area contributed by atoms with Crippen LogP contribution in [0.2, 0.25) is 0 Å². The molecule has 4 atom stereocenters. The zero-order valence-corrected chi connectivity index (χ0v) is 20.3. The topological polar surface area (TPSA) is 164 Å². The monoisotopic (exact) mass is 573 g/mol. The number of anilines is 1. The van der Waals surface area contributed by atoms with E-state index in [0.29, 0.717) is 16.1 Å². The number of fused-ring (bicyclic) bond motifs is 1. The summed E-state index contributed by atoms with van der Waals surface area (Å²) >= 11 is 0. The second kappa shape index (κ2) is 10.7. The van der Waals surface area contributed by atoms with E-state index in [-0.39, 0.29) is 0 Å². The van der Waals surface area contributed by atoms with E-state index >= 15 is 0 Å². The highest BCUT2D eigenvalue weighted by molar-refractivity contribution is 5.87. The molecule has 13 nitrogen and oxygen atoms in total. The summed E-state index contributed by atoms with van der Waals surface area (Å²) in [5.74, 6) is -3.65. The summed E-state index contributed by atoms with van der Waals surface area (Å²) in [7, 11) is 0. The van der Waals surface area contributed by atoms with Gasteiger partial charge in [-0.3, -0.25) is 34.0 Å². The Hall–Kier alpha value is -3.90. The largest absolute Gasteiger partial charge is 0.458 e. The number of aromatic nitrogens is 4. The molecule has 1 aliphatic rings. The lowest BCUT2D eigenvalue weighted by atomic mass is 10.1. The van der Waals surface area contributed by atoms with Crippen LogP contribution >= 0.6 is 0 Å². The van der Waals surface area contributed by atoms with E-state index in [1.54, 1.807) is 0 Å². The molecule has 0 bridgehead atoms. The molecule has 2 N–H and O–H groups in total. The quantitative estimate of drug-likeness (QED) is 0.369. The number of H-pyrrole nitrogens is 1. The maximum atomic E-state index is 13.7. The molecule has 19 heteroatoms. The van der Waals surface area contributed by atoms with Crippen molar-refractivity contribution in [2.24, 2.45) is 0 Å². The minimum Gasteiger partial charge on any atom is -0.458 e. The second-order valence-corrected chi connectivity index (χ2v) is 8.46. The molecule has 1 fully saturated rings. The number of rotatable bonds is 7. The Morgan fingerprint density at radius 1 is 1.13 bits per heavy atom. The van der Waals surface area contributed by atoms with Crippen molar-refractivity contribution in [2.75, 3.05) is 5.32 Å². The van der Waals surface area contributed by atoms with Crippen LogP contribution in [0.25, 0.3) is 11.2 Å². The lowest BCUT2D eigenvalue weighted by Crippen LogP contribution is -2.43. The van der Waals surface area contributed by atoms with E-state index in [1.165, 1.54) is 0 Å². The first-order valence-corrected chi connectivity index (χ1v) is 11.0. The van der Waals surface area contributed by atoms with E-state index in [2.05, 4.69) is 20.0 Å². The summed E-state index contributed by atoms with van der Waals surface area (Å²) in [5, 5.41) is 2.11. The molecule has 216 valence electrons. The summed E-state index contributed by atoms with van der Waals surface area (Å²) in [4.78, 5) is 66.5. The fourth-order valence-electron chi connectivity index (χ4n) is 4.03. The third-order valence-electron chi connectivity index (χ3n) is 5.35. The number of aromatic amines is 1. The number of hydrogen-bond acceptors (Lipinski definition) is 9. The number of nitrogens with one attached hydrogen (secondary N) is 2. The van der Waals surface area contributed by atoms with E-state index in [0.717, 1.165) is 13.8 Å². The van der Waals surface area contributed by atoms with Crippen LogP contribution in [-0.2, 0) is 35.1 Å². The predicted octanol–water partition coefficient (Wildman–Crippen LogP) is 1.51. The SMILES string of the molecule is CC(=O)Nc1nc2c(c(=O)[nH]1)n(CCC(F)(F)F)c(=O)n2[C@@H]1O[C@H](C(OC(C)=O)C(F)(F)F)C[C@H]1OC(C)=O. The van der Waals surface area contributed by atoms with Gasteiger partial charge in [0.2, 0.25) is 18.0 Å². The number of amides is 1. The zero-order valence-electron chi connectivity index (χ0n) is 20.3. The summed E-state index contributed by atoms with van der Waals surface area (Å²) in [6, 6.07) is 0. The number of carbonyl (C=O) groups excluding carboxylic acids is 3. The number of aryl methyl sites for hydroxylation is 1. The first-order valence-electron chi connectivity index (χ1n) is 11.0. The average molecular weight is 573 g/mol. The Balaban J connectivity index is 2.24. The fourth-order valence-corrected chi connectivity index (χ4v) is 4.03. The van der Waals surface area contributed by atoms with Crippen LogP contribution in [0.4, 0.5) is 32.3 Å². The van der Waals surface area contributed by atoms with Gasteiger partial charge in [-0.1, -0.05) is 0 Å². The Morgan fingerprint density at radius 2 is 1.77 bits per heavy atom. The van der Waals surface area contributed by atoms with Crippen molar-refractivity contribution in [3.05, 3.63) is 20.8 Å². The predicted molar refractivity (Wildman–Crippen MR) is 115 cm³/mol. The number of alkyl halides is 6. The molecule has 2 aromatic rings. The molecule has 0 saturated carbocycles. The summed E-state index contributed by atoms with van der Waals surface area (Å²) < 4.78 is 95.5. The molecular weight excluding hydrogens is 552 g/mol. The number of carbonyl (C=O) groups is 3. The maximum absolute atomic E-state index is 13.7. The number of nitrogens with zero attached hydrogens (tertiary/aromatic N) is 3. The standard InChI is InChI=1S/C20H21F6N5O8/c1-7(32)27-17-28-14-12(15(35)29-17)30(5-4-19(21,22)23)18(36)31(14)16-11(37-8(2)33)6-10(39-16)13(20(24,25)26)38-9(3)34/h10-11,13,16H,4-6H2,1-3H3,(H2,27,28,29,32,35)/t10-,11+,13?,16+/m0/s1. The smallest absolute Gasteiger partial charge is 0.428 e. The summed E-state index contributed by atoms with van der Waals surface area (Å²) in [5.41, 5.74) is -3.95. The van der Waals surface area contributed by atoms with Crippen LogP contribution in [0.1, 0.15) is 39.8 Å². The van der Waals surface area contributed by atoms with Crippen molar-refractivity contribution in [3.8, 4) is 0 Å². The van der Waals surface area contributed by atoms with Crippen molar-refractivity contribution in [2.45, 2.75) is 77.1 Å². The normalized spacial score (nSPS) is 20.6. The van der Waals surface area contributed by atoms with Crippen LogP contribution in [0, 0.1) is 0 Å². The lowest BCUT2D eigenvalue weighted by molar-refractivity contribution is -0.248. The molecule has 1 saturated heterocycles. The highest BCUT2D eigenvalue weighted by Crippen LogP contribution is 2.39. The number of hydrogen-bond donors (Lipinski definition) is 2. The van der Waals surface area contributed by atoms with Gasteiger partial charge in [0.1, 0.15) is 12.2 Å². The van der Waals surface area contributed by atoms with Crippen molar-refractivity contribution in [1.82, 2.24) is 19.1 Å². The van der Waals surface area contributed by atoms with Gasteiger partial charge in [0.05, 0.1) is 6.42 Å². The third-order valence-corrected chi connectivity index (χ3v) is 5.35. The van der Waals surface area contributed by atoms with Crippen molar-refractivity contribution in [1.29, 1.82) is 0 Å². The van der Waals surface area contributed by atoms with Crippen molar-refractivity contribution < 1.29 is 54.9 Å². The molecule has 0 aliphatic carbocycles. The maximum Gasteiger partial charge on any atom is 0.428 e. The van der Waals surface area contributed by atoms with E-state index in [9.17, 15) is 50.3 Å². The molecule has 3 rings (SSSR count). The fraction of sp³-hybridized carbons (Fsp3) is 0.600. The summed E-state index contributed by atoms with van der Waals surface area (Å²) in [6.45, 7) is 1.53. The van der Waals surface area contributed by atoms with Gasteiger partial charge in [-0.15, -0.1) is 0 Å². The molecule has 0 aromatic carbocycles. The number of imidazole rings is 1. The highest BCUT2D eigenvalue weighted by Gasteiger charge is 2.54.